The van der Waals surface area contributed by atoms with Gasteiger partial charge in [-0.3, -0.25) is 10.0 Å². The number of urea groups is 1. The van der Waals surface area contributed by atoms with Crippen molar-refractivity contribution in [1.29, 1.82) is 0 Å². The molecule has 3 amide bonds. The maximum atomic E-state index is 12.2. The van der Waals surface area contributed by atoms with Crippen molar-refractivity contribution in [2.24, 2.45) is 5.92 Å². The van der Waals surface area contributed by atoms with E-state index in [1.54, 1.807) is 22.5 Å². The molecule has 1 heterocycles. The van der Waals surface area contributed by atoms with Crippen LogP contribution in [-0.2, 0) is 4.79 Å². The molecule has 0 radical (unpaired) electrons. The number of anilines is 2. The third-order valence-corrected chi connectivity index (χ3v) is 4.25. The van der Waals surface area contributed by atoms with Gasteiger partial charge in [-0.25, -0.2) is 10.3 Å². The van der Waals surface area contributed by atoms with Gasteiger partial charge in [0.25, 0.3) is 0 Å². The number of hydroxylamine groups is 1. The van der Waals surface area contributed by atoms with Gasteiger partial charge in [0.1, 0.15) is 0 Å². The average Bonchev–Trinajstić information content (AvgIpc) is 2.57. The first kappa shape index (κ1) is 17.1. The summed E-state index contributed by atoms with van der Waals surface area (Å²) >= 11 is 0. The van der Waals surface area contributed by atoms with Gasteiger partial charge in [0.15, 0.2) is 0 Å². The standard InChI is InChI=1S/C16H24N4O3/c17-13-5-1-2-6-14(13)18-16(22)20-10-8-12(9-11-20)4-3-7-15(21)19-23/h1-2,5-6,12,23H,3-4,7-11,17H2,(H,18,22)(H,19,21). The number of para-hydroxylation sites is 2. The van der Waals surface area contributed by atoms with E-state index < -0.39 is 0 Å². The fourth-order valence-corrected chi connectivity index (χ4v) is 2.84. The summed E-state index contributed by atoms with van der Waals surface area (Å²) in [7, 11) is 0. The van der Waals surface area contributed by atoms with Crippen molar-refractivity contribution in [3.8, 4) is 0 Å². The summed E-state index contributed by atoms with van der Waals surface area (Å²) in [6.45, 7) is 1.41. The number of carbonyl (C=O) groups excluding carboxylic acids is 2. The number of carbonyl (C=O) groups is 2. The quantitative estimate of drug-likeness (QED) is 0.379. The number of likely N-dealkylation sites (tertiary alicyclic amines) is 1. The highest BCUT2D eigenvalue weighted by molar-refractivity contribution is 5.92. The number of amides is 3. The molecule has 0 unspecified atom stereocenters. The summed E-state index contributed by atoms with van der Waals surface area (Å²) in [5.41, 5.74) is 8.66. The molecule has 0 atom stereocenters. The van der Waals surface area contributed by atoms with E-state index in [1.165, 1.54) is 0 Å². The second-order valence-electron chi connectivity index (χ2n) is 5.88. The number of hydrogen-bond acceptors (Lipinski definition) is 4. The third-order valence-electron chi connectivity index (χ3n) is 4.25. The van der Waals surface area contributed by atoms with Crippen molar-refractivity contribution in [2.75, 3.05) is 24.1 Å². The van der Waals surface area contributed by atoms with Crippen LogP contribution in [0.15, 0.2) is 24.3 Å². The van der Waals surface area contributed by atoms with E-state index in [0.717, 1.165) is 25.7 Å². The van der Waals surface area contributed by atoms with Crippen LogP contribution >= 0.6 is 0 Å². The Morgan fingerprint density at radius 1 is 1.26 bits per heavy atom. The maximum Gasteiger partial charge on any atom is 0.321 e. The Labute approximate surface area is 135 Å². The Hall–Kier alpha value is -2.28. The minimum absolute atomic E-state index is 0.124. The smallest absolute Gasteiger partial charge is 0.321 e. The first-order valence-corrected chi connectivity index (χ1v) is 7.93. The maximum absolute atomic E-state index is 12.2. The summed E-state index contributed by atoms with van der Waals surface area (Å²) < 4.78 is 0. The zero-order valence-electron chi connectivity index (χ0n) is 13.1. The fraction of sp³-hybridized carbons (Fsp3) is 0.500. The van der Waals surface area contributed by atoms with Crippen molar-refractivity contribution < 1.29 is 14.8 Å². The molecule has 0 spiro atoms. The van der Waals surface area contributed by atoms with E-state index in [0.29, 0.717) is 36.8 Å². The molecule has 1 fully saturated rings. The molecule has 7 heteroatoms. The molecule has 0 aliphatic carbocycles. The molecule has 1 saturated heterocycles. The lowest BCUT2D eigenvalue weighted by atomic mass is 9.91. The van der Waals surface area contributed by atoms with E-state index in [1.807, 2.05) is 12.1 Å². The molecule has 1 aromatic carbocycles. The van der Waals surface area contributed by atoms with Crippen LogP contribution in [0.25, 0.3) is 0 Å². The molecule has 1 aliphatic heterocycles. The van der Waals surface area contributed by atoms with Gasteiger partial charge in [0.2, 0.25) is 5.91 Å². The van der Waals surface area contributed by atoms with Crippen LogP contribution in [0.1, 0.15) is 32.1 Å². The van der Waals surface area contributed by atoms with Crippen LogP contribution in [0.5, 0.6) is 0 Å². The number of nitrogens with two attached hydrogens (primary N) is 1. The Morgan fingerprint density at radius 2 is 1.96 bits per heavy atom. The Balaban J connectivity index is 1.72. The molecular weight excluding hydrogens is 296 g/mol. The molecular formula is C16H24N4O3. The predicted octanol–water partition coefficient (Wildman–Crippen LogP) is 2.19. The number of nitrogens with zero attached hydrogens (tertiary/aromatic N) is 1. The lowest BCUT2D eigenvalue weighted by Crippen LogP contribution is -2.41. The number of nitrogens with one attached hydrogen (secondary N) is 2. The normalized spacial score (nSPS) is 15.3. The molecule has 126 valence electrons. The summed E-state index contributed by atoms with van der Waals surface area (Å²) in [6.07, 6.45) is 3.89. The summed E-state index contributed by atoms with van der Waals surface area (Å²) in [6, 6.07) is 7.08. The molecule has 1 aliphatic rings. The number of rotatable bonds is 5. The minimum atomic E-state index is -0.345. The van der Waals surface area contributed by atoms with Gasteiger partial charge in [-0.15, -0.1) is 0 Å². The zero-order chi connectivity index (χ0) is 16.7. The van der Waals surface area contributed by atoms with Gasteiger partial charge in [-0.05, 0) is 43.7 Å². The highest BCUT2D eigenvalue weighted by Crippen LogP contribution is 2.24. The van der Waals surface area contributed by atoms with Gasteiger partial charge in [0.05, 0.1) is 11.4 Å². The SMILES string of the molecule is Nc1ccccc1NC(=O)N1CCC(CCCC(=O)NO)CC1. The number of piperidine rings is 1. The number of nitrogen functional groups attached to an aromatic ring is 1. The molecule has 0 bridgehead atoms. The van der Waals surface area contributed by atoms with Gasteiger partial charge in [-0.1, -0.05) is 12.1 Å². The number of hydrogen-bond donors (Lipinski definition) is 4. The minimum Gasteiger partial charge on any atom is -0.397 e. The number of benzene rings is 1. The third kappa shape index (κ3) is 5.14. The molecule has 0 aromatic heterocycles. The molecule has 2 rings (SSSR count). The molecule has 0 saturated carbocycles. The lowest BCUT2D eigenvalue weighted by molar-refractivity contribution is -0.129. The second kappa shape index (κ2) is 8.38. The molecule has 1 aromatic rings. The predicted molar refractivity (Wildman–Crippen MR) is 88.0 cm³/mol. The van der Waals surface area contributed by atoms with Crippen molar-refractivity contribution in [2.45, 2.75) is 32.1 Å². The second-order valence-corrected chi connectivity index (χ2v) is 5.88. The first-order chi connectivity index (χ1) is 11.1. The largest absolute Gasteiger partial charge is 0.397 e. The average molecular weight is 320 g/mol. The van der Waals surface area contributed by atoms with E-state index in [4.69, 9.17) is 10.9 Å². The summed E-state index contributed by atoms with van der Waals surface area (Å²) in [4.78, 5) is 25.0. The van der Waals surface area contributed by atoms with Crippen LogP contribution in [0.2, 0.25) is 0 Å². The zero-order valence-corrected chi connectivity index (χ0v) is 13.1. The Kier molecular flexibility index (Phi) is 6.22. The van der Waals surface area contributed by atoms with Crippen molar-refractivity contribution in [3.63, 3.8) is 0 Å². The Bertz CT molecular complexity index is 542. The fourth-order valence-electron chi connectivity index (χ4n) is 2.84. The van der Waals surface area contributed by atoms with E-state index in [2.05, 4.69) is 5.32 Å². The Morgan fingerprint density at radius 3 is 2.61 bits per heavy atom. The van der Waals surface area contributed by atoms with E-state index in [9.17, 15) is 9.59 Å². The van der Waals surface area contributed by atoms with Gasteiger partial charge >= 0.3 is 6.03 Å². The summed E-state index contributed by atoms with van der Waals surface area (Å²) in [5.74, 6) is 0.176. The molecule has 5 N–H and O–H groups in total. The van der Waals surface area contributed by atoms with Gasteiger partial charge in [0, 0.05) is 19.5 Å². The van der Waals surface area contributed by atoms with Crippen LogP contribution in [0, 0.1) is 5.92 Å². The van der Waals surface area contributed by atoms with Crippen LogP contribution in [-0.4, -0.2) is 35.1 Å². The lowest BCUT2D eigenvalue weighted by Gasteiger charge is -2.32. The van der Waals surface area contributed by atoms with Gasteiger partial charge in [-0.2, -0.15) is 0 Å². The summed E-state index contributed by atoms with van der Waals surface area (Å²) in [5, 5.41) is 11.3. The van der Waals surface area contributed by atoms with E-state index in [-0.39, 0.29) is 11.9 Å². The van der Waals surface area contributed by atoms with Crippen molar-refractivity contribution in [3.05, 3.63) is 24.3 Å². The molecule has 7 nitrogen and oxygen atoms in total. The van der Waals surface area contributed by atoms with Crippen LogP contribution in [0.3, 0.4) is 0 Å². The van der Waals surface area contributed by atoms with E-state index >= 15 is 0 Å². The highest BCUT2D eigenvalue weighted by atomic mass is 16.5. The molecule has 23 heavy (non-hydrogen) atoms. The van der Waals surface area contributed by atoms with Crippen molar-refractivity contribution in [1.82, 2.24) is 10.4 Å². The van der Waals surface area contributed by atoms with Crippen LogP contribution < -0.4 is 16.5 Å². The first-order valence-electron chi connectivity index (χ1n) is 7.93. The topological polar surface area (TPSA) is 108 Å². The van der Waals surface area contributed by atoms with Crippen molar-refractivity contribution >= 4 is 23.3 Å². The highest BCUT2D eigenvalue weighted by Gasteiger charge is 2.23. The monoisotopic (exact) mass is 320 g/mol. The van der Waals surface area contributed by atoms with Gasteiger partial charge < -0.3 is 16.0 Å². The van der Waals surface area contributed by atoms with Crippen LogP contribution in [0.4, 0.5) is 16.2 Å².